The third-order valence-electron chi connectivity index (χ3n) is 3.02. The molecule has 0 bridgehead atoms. The zero-order chi connectivity index (χ0) is 13.5. The Balaban J connectivity index is 0.000000771. The lowest BCUT2D eigenvalue weighted by Crippen LogP contribution is -2.16. The second-order valence-electron chi connectivity index (χ2n) is 4.81. The Morgan fingerprint density at radius 1 is 1.28 bits per heavy atom. The smallest absolute Gasteiger partial charge is 0.235 e. The molecule has 0 unspecified atom stereocenters. The molecular weight excluding hydrogens is 226 g/mol. The maximum absolute atomic E-state index is 5.97. The molecule has 4 nitrogen and oxygen atoms in total. The van der Waals surface area contributed by atoms with Gasteiger partial charge in [0.15, 0.2) is 0 Å². The highest BCUT2D eigenvalue weighted by atomic mass is 16.5. The van der Waals surface area contributed by atoms with Gasteiger partial charge in [-0.05, 0) is 26.7 Å². The van der Waals surface area contributed by atoms with Crippen LogP contribution in [0, 0.1) is 0 Å². The Morgan fingerprint density at radius 3 is 2.44 bits per heavy atom. The number of rotatable bonds is 3. The summed E-state index contributed by atoms with van der Waals surface area (Å²) in [6, 6.07) is 2.30. The summed E-state index contributed by atoms with van der Waals surface area (Å²) in [5.74, 6) is 1.38. The third-order valence-corrected chi connectivity index (χ3v) is 3.02. The van der Waals surface area contributed by atoms with E-state index in [0.717, 1.165) is 5.82 Å². The number of anilines is 1. The fourth-order valence-electron chi connectivity index (χ4n) is 2.30. The lowest BCUT2D eigenvalue weighted by molar-refractivity contribution is 0.225. The molecule has 0 spiro atoms. The van der Waals surface area contributed by atoms with E-state index < -0.39 is 0 Å². The number of ether oxygens (including phenoxy) is 1. The molecular formula is C14H27N3O. The zero-order valence-electron chi connectivity index (χ0n) is 12.1. The van der Waals surface area contributed by atoms with Crippen molar-refractivity contribution in [3.8, 4) is 5.88 Å². The van der Waals surface area contributed by atoms with Crippen LogP contribution in [0.3, 0.4) is 0 Å². The van der Waals surface area contributed by atoms with Gasteiger partial charge in [-0.25, -0.2) is 4.68 Å². The van der Waals surface area contributed by atoms with Crippen molar-refractivity contribution in [3.63, 3.8) is 0 Å². The quantitative estimate of drug-likeness (QED) is 0.891. The summed E-state index contributed by atoms with van der Waals surface area (Å²) in [5.41, 5.74) is 5.97. The Kier molecular flexibility index (Phi) is 6.02. The SMILES string of the molecule is CC.CC(C)Oc1cc(N)n(C2CCCCC2)n1. The van der Waals surface area contributed by atoms with Gasteiger partial charge in [-0.15, -0.1) is 5.10 Å². The van der Waals surface area contributed by atoms with Gasteiger partial charge < -0.3 is 10.5 Å². The molecule has 1 fully saturated rings. The molecule has 1 saturated carbocycles. The molecule has 1 aliphatic carbocycles. The number of nitrogens with two attached hydrogens (primary N) is 1. The summed E-state index contributed by atoms with van der Waals surface area (Å²) in [6.45, 7) is 7.99. The second-order valence-corrected chi connectivity index (χ2v) is 4.81. The van der Waals surface area contributed by atoms with E-state index in [9.17, 15) is 0 Å². The summed E-state index contributed by atoms with van der Waals surface area (Å²) < 4.78 is 7.50. The maximum Gasteiger partial charge on any atom is 0.235 e. The van der Waals surface area contributed by atoms with Gasteiger partial charge in [0, 0.05) is 6.07 Å². The van der Waals surface area contributed by atoms with Crippen molar-refractivity contribution in [2.75, 3.05) is 5.73 Å². The Morgan fingerprint density at radius 2 is 1.89 bits per heavy atom. The monoisotopic (exact) mass is 253 g/mol. The highest BCUT2D eigenvalue weighted by molar-refractivity contribution is 5.34. The number of nitrogen functional groups attached to an aromatic ring is 1. The molecule has 1 heterocycles. The van der Waals surface area contributed by atoms with E-state index in [4.69, 9.17) is 10.5 Å². The number of hydrogen-bond acceptors (Lipinski definition) is 3. The van der Waals surface area contributed by atoms with E-state index in [-0.39, 0.29) is 6.10 Å². The minimum atomic E-state index is 0.147. The minimum Gasteiger partial charge on any atom is -0.474 e. The van der Waals surface area contributed by atoms with Gasteiger partial charge in [0.05, 0.1) is 12.1 Å². The fraction of sp³-hybridized carbons (Fsp3) is 0.786. The molecule has 1 aliphatic rings. The van der Waals surface area contributed by atoms with Gasteiger partial charge in [-0.2, -0.15) is 0 Å². The molecule has 104 valence electrons. The molecule has 18 heavy (non-hydrogen) atoms. The number of aromatic nitrogens is 2. The molecule has 1 aromatic heterocycles. The van der Waals surface area contributed by atoms with E-state index in [1.165, 1.54) is 32.1 Å². The summed E-state index contributed by atoms with van der Waals surface area (Å²) in [5, 5.41) is 4.44. The van der Waals surface area contributed by atoms with Gasteiger partial charge in [0.25, 0.3) is 0 Å². The lowest BCUT2D eigenvalue weighted by atomic mass is 9.96. The molecule has 0 atom stereocenters. The van der Waals surface area contributed by atoms with Crippen molar-refractivity contribution in [1.29, 1.82) is 0 Å². The molecule has 1 aromatic rings. The van der Waals surface area contributed by atoms with E-state index in [0.29, 0.717) is 11.9 Å². The average molecular weight is 253 g/mol. The van der Waals surface area contributed by atoms with Gasteiger partial charge in [0.1, 0.15) is 5.82 Å². The van der Waals surface area contributed by atoms with E-state index >= 15 is 0 Å². The predicted molar refractivity (Wildman–Crippen MR) is 75.9 cm³/mol. The summed E-state index contributed by atoms with van der Waals surface area (Å²) in [4.78, 5) is 0. The number of nitrogens with zero attached hydrogens (tertiary/aromatic N) is 2. The van der Waals surface area contributed by atoms with Crippen molar-refractivity contribution in [2.45, 2.75) is 71.9 Å². The zero-order valence-corrected chi connectivity index (χ0v) is 12.1. The maximum atomic E-state index is 5.97. The van der Waals surface area contributed by atoms with Crippen LogP contribution in [0.2, 0.25) is 0 Å². The predicted octanol–water partition coefficient (Wildman–Crippen LogP) is 3.78. The molecule has 2 N–H and O–H groups in total. The Bertz CT molecular complexity index is 341. The van der Waals surface area contributed by atoms with Crippen LogP contribution in [0.1, 0.15) is 65.8 Å². The summed E-state index contributed by atoms with van der Waals surface area (Å²) in [7, 11) is 0. The Labute approximate surface area is 111 Å². The van der Waals surface area contributed by atoms with Gasteiger partial charge >= 0.3 is 0 Å². The van der Waals surface area contributed by atoms with Crippen molar-refractivity contribution < 1.29 is 4.74 Å². The molecule has 4 heteroatoms. The average Bonchev–Trinajstić information content (AvgIpc) is 2.73. The van der Waals surface area contributed by atoms with Crippen molar-refractivity contribution in [1.82, 2.24) is 9.78 Å². The van der Waals surface area contributed by atoms with Crippen molar-refractivity contribution in [3.05, 3.63) is 6.07 Å². The van der Waals surface area contributed by atoms with E-state index in [1.54, 1.807) is 0 Å². The van der Waals surface area contributed by atoms with Crippen LogP contribution in [-0.2, 0) is 0 Å². The fourth-order valence-corrected chi connectivity index (χ4v) is 2.30. The topological polar surface area (TPSA) is 53.1 Å². The van der Waals surface area contributed by atoms with Crippen LogP contribution >= 0.6 is 0 Å². The summed E-state index contributed by atoms with van der Waals surface area (Å²) in [6.07, 6.45) is 6.43. The minimum absolute atomic E-state index is 0.147. The van der Waals surface area contributed by atoms with Crippen LogP contribution in [0.25, 0.3) is 0 Å². The first kappa shape index (κ1) is 14.9. The molecule has 0 aromatic carbocycles. The summed E-state index contributed by atoms with van der Waals surface area (Å²) >= 11 is 0. The van der Waals surface area contributed by atoms with Gasteiger partial charge in [-0.1, -0.05) is 33.1 Å². The van der Waals surface area contributed by atoms with Crippen LogP contribution in [0.4, 0.5) is 5.82 Å². The van der Waals surface area contributed by atoms with Gasteiger partial charge in [0.2, 0.25) is 5.88 Å². The van der Waals surface area contributed by atoms with Crippen LogP contribution < -0.4 is 10.5 Å². The second kappa shape index (κ2) is 7.29. The first-order chi connectivity index (χ1) is 8.66. The third kappa shape index (κ3) is 3.93. The highest BCUT2D eigenvalue weighted by Crippen LogP contribution is 2.30. The molecule has 0 saturated heterocycles. The lowest BCUT2D eigenvalue weighted by Gasteiger charge is -2.22. The van der Waals surface area contributed by atoms with E-state index in [2.05, 4.69) is 5.10 Å². The van der Waals surface area contributed by atoms with Crippen LogP contribution in [-0.4, -0.2) is 15.9 Å². The normalized spacial score (nSPS) is 16.3. The van der Waals surface area contributed by atoms with E-state index in [1.807, 2.05) is 38.4 Å². The largest absolute Gasteiger partial charge is 0.474 e. The van der Waals surface area contributed by atoms with Crippen molar-refractivity contribution in [2.24, 2.45) is 0 Å². The van der Waals surface area contributed by atoms with Crippen LogP contribution in [0.15, 0.2) is 6.07 Å². The molecule has 0 aliphatic heterocycles. The molecule has 0 radical (unpaired) electrons. The Hall–Kier alpha value is -1.19. The van der Waals surface area contributed by atoms with Crippen LogP contribution in [0.5, 0.6) is 5.88 Å². The highest BCUT2D eigenvalue weighted by Gasteiger charge is 2.19. The molecule has 2 rings (SSSR count). The standard InChI is InChI=1S/C12H21N3O.C2H6/c1-9(2)16-12-8-11(13)15(14-12)10-6-4-3-5-7-10;1-2/h8-10H,3-7,13H2,1-2H3;1-2H3. The van der Waals surface area contributed by atoms with Gasteiger partial charge in [-0.3, -0.25) is 0 Å². The number of hydrogen-bond donors (Lipinski definition) is 1. The first-order valence-electron chi connectivity index (χ1n) is 7.18. The van der Waals surface area contributed by atoms with Crippen molar-refractivity contribution >= 4 is 5.82 Å². The molecule has 0 amide bonds. The first-order valence-corrected chi connectivity index (χ1v) is 7.18.